The summed E-state index contributed by atoms with van der Waals surface area (Å²) in [5, 5.41) is 14.3. The van der Waals surface area contributed by atoms with Crippen LogP contribution in [-0.2, 0) is 6.54 Å². The average Bonchev–Trinajstić information content (AvgIpc) is 2.97. The van der Waals surface area contributed by atoms with E-state index < -0.39 is 5.97 Å². The zero-order valence-electron chi connectivity index (χ0n) is 9.34. The summed E-state index contributed by atoms with van der Waals surface area (Å²) in [7, 11) is 0. The maximum absolute atomic E-state index is 10.7. The molecule has 0 spiro atoms. The second kappa shape index (κ2) is 5.44. The molecule has 0 aliphatic rings. The zero-order valence-corrected chi connectivity index (χ0v) is 11.0. The van der Waals surface area contributed by atoms with Crippen LogP contribution in [0.1, 0.15) is 32.4 Å². The molecule has 3 nitrogen and oxygen atoms in total. The molecular formula is C12H13NO2S2. The molecule has 90 valence electrons. The summed E-state index contributed by atoms with van der Waals surface area (Å²) in [6.07, 6.45) is 0. The Morgan fingerprint density at radius 3 is 2.88 bits per heavy atom. The van der Waals surface area contributed by atoms with E-state index in [1.54, 1.807) is 17.4 Å². The van der Waals surface area contributed by atoms with Crippen LogP contribution < -0.4 is 5.32 Å². The Morgan fingerprint density at radius 2 is 2.29 bits per heavy atom. The summed E-state index contributed by atoms with van der Waals surface area (Å²) in [5.41, 5.74) is 0. The highest BCUT2D eigenvalue weighted by Crippen LogP contribution is 2.20. The van der Waals surface area contributed by atoms with Crippen molar-refractivity contribution in [1.29, 1.82) is 0 Å². The van der Waals surface area contributed by atoms with Gasteiger partial charge < -0.3 is 10.4 Å². The van der Waals surface area contributed by atoms with Crippen LogP contribution in [0.3, 0.4) is 0 Å². The SMILES string of the molecule is C[C@@H](NCc1ccc(C(=O)O)s1)c1cccs1. The fourth-order valence-electron chi connectivity index (χ4n) is 1.48. The molecule has 2 rings (SSSR count). The van der Waals surface area contributed by atoms with Gasteiger partial charge in [0.25, 0.3) is 0 Å². The molecule has 0 bridgehead atoms. The number of hydrogen-bond donors (Lipinski definition) is 2. The Hall–Kier alpha value is -1.17. The first kappa shape index (κ1) is 12.3. The Labute approximate surface area is 108 Å². The van der Waals surface area contributed by atoms with E-state index in [0.717, 1.165) is 4.88 Å². The number of rotatable bonds is 5. The maximum Gasteiger partial charge on any atom is 0.345 e. The van der Waals surface area contributed by atoms with Crippen molar-refractivity contribution in [2.75, 3.05) is 0 Å². The number of nitrogens with one attached hydrogen (secondary N) is 1. The average molecular weight is 267 g/mol. The van der Waals surface area contributed by atoms with Crippen LogP contribution in [-0.4, -0.2) is 11.1 Å². The fourth-order valence-corrected chi connectivity index (χ4v) is 3.04. The van der Waals surface area contributed by atoms with Gasteiger partial charge in [-0.1, -0.05) is 6.07 Å². The third-order valence-corrected chi connectivity index (χ3v) is 4.55. The molecule has 2 heterocycles. The molecule has 17 heavy (non-hydrogen) atoms. The lowest BCUT2D eigenvalue weighted by atomic mass is 10.3. The topological polar surface area (TPSA) is 49.3 Å². The highest BCUT2D eigenvalue weighted by Gasteiger charge is 2.09. The molecule has 0 saturated carbocycles. The van der Waals surface area contributed by atoms with Crippen LogP contribution in [0.5, 0.6) is 0 Å². The minimum absolute atomic E-state index is 0.297. The largest absolute Gasteiger partial charge is 0.477 e. The Bertz CT molecular complexity index is 490. The van der Waals surface area contributed by atoms with Gasteiger partial charge in [0.1, 0.15) is 4.88 Å². The van der Waals surface area contributed by atoms with Crippen molar-refractivity contribution in [2.45, 2.75) is 19.5 Å². The predicted octanol–water partition coefficient (Wildman–Crippen LogP) is 3.36. The van der Waals surface area contributed by atoms with E-state index in [1.807, 2.05) is 12.1 Å². The molecule has 0 aromatic carbocycles. The van der Waals surface area contributed by atoms with Crippen molar-refractivity contribution in [1.82, 2.24) is 5.32 Å². The highest BCUT2D eigenvalue weighted by atomic mass is 32.1. The summed E-state index contributed by atoms with van der Waals surface area (Å²) in [6, 6.07) is 7.94. The molecular weight excluding hydrogens is 254 g/mol. The quantitative estimate of drug-likeness (QED) is 0.873. The second-order valence-electron chi connectivity index (χ2n) is 3.69. The lowest BCUT2D eigenvalue weighted by Gasteiger charge is -2.10. The lowest BCUT2D eigenvalue weighted by Crippen LogP contribution is -2.16. The number of carboxylic acid groups (broad SMARTS) is 1. The van der Waals surface area contributed by atoms with E-state index in [-0.39, 0.29) is 0 Å². The third-order valence-electron chi connectivity index (χ3n) is 2.42. The van der Waals surface area contributed by atoms with Crippen molar-refractivity contribution in [3.05, 3.63) is 44.3 Å². The van der Waals surface area contributed by atoms with Crippen molar-refractivity contribution in [3.8, 4) is 0 Å². The van der Waals surface area contributed by atoms with Gasteiger partial charge in [0.15, 0.2) is 0 Å². The molecule has 0 unspecified atom stereocenters. The van der Waals surface area contributed by atoms with Gasteiger partial charge in [-0.3, -0.25) is 0 Å². The van der Waals surface area contributed by atoms with Crippen LogP contribution in [0, 0.1) is 0 Å². The molecule has 1 atom stereocenters. The highest BCUT2D eigenvalue weighted by molar-refractivity contribution is 7.13. The zero-order chi connectivity index (χ0) is 12.3. The minimum Gasteiger partial charge on any atom is -0.477 e. The summed E-state index contributed by atoms with van der Waals surface area (Å²) >= 11 is 3.04. The Morgan fingerprint density at radius 1 is 1.47 bits per heavy atom. The van der Waals surface area contributed by atoms with Crippen LogP contribution in [0.4, 0.5) is 0 Å². The number of aromatic carboxylic acids is 1. The molecule has 2 N–H and O–H groups in total. The van der Waals surface area contributed by atoms with E-state index in [9.17, 15) is 4.79 Å². The van der Waals surface area contributed by atoms with E-state index in [0.29, 0.717) is 17.5 Å². The Kier molecular flexibility index (Phi) is 3.93. The van der Waals surface area contributed by atoms with Crippen molar-refractivity contribution >= 4 is 28.6 Å². The summed E-state index contributed by atoms with van der Waals surface area (Å²) in [5.74, 6) is -0.854. The summed E-state index contributed by atoms with van der Waals surface area (Å²) in [4.78, 5) is 13.5. The molecule has 0 aliphatic carbocycles. The first-order valence-electron chi connectivity index (χ1n) is 5.25. The summed E-state index contributed by atoms with van der Waals surface area (Å²) < 4.78 is 0. The molecule has 2 aromatic rings. The number of hydrogen-bond acceptors (Lipinski definition) is 4. The first-order chi connectivity index (χ1) is 8.16. The monoisotopic (exact) mass is 267 g/mol. The predicted molar refractivity (Wildman–Crippen MR) is 70.9 cm³/mol. The molecule has 0 fully saturated rings. The number of thiophene rings is 2. The van der Waals surface area contributed by atoms with E-state index in [2.05, 4.69) is 23.7 Å². The van der Waals surface area contributed by atoms with Gasteiger partial charge in [-0.25, -0.2) is 4.79 Å². The maximum atomic E-state index is 10.7. The number of carbonyl (C=O) groups is 1. The molecule has 0 radical (unpaired) electrons. The molecule has 0 amide bonds. The van der Waals surface area contributed by atoms with E-state index in [4.69, 9.17) is 5.11 Å². The van der Waals surface area contributed by atoms with Crippen molar-refractivity contribution in [2.24, 2.45) is 0 Å². The van der Waals surface area contributed by atoms with Gasteiger partial charge in [0.2, 0.25) is 0 Å². The van der Waals surface area contributed by atoms with Gasteiger partial charge in [0.05, 0.1) is 0 Å². The molecule has 5 heteroatoms. The fraction of sp³-hybridized carbons (Fsp3) is 0.250. The van der Waals surface area contributed by atoms with E-state index in [1.165, 1.54) is 16.2 Å². The number of carboxylic acids is 1. The van der Waals surface area contributed by atoms with E-state index >= 15 is 0 Å². The van der Waals surface area contributed by atoms with Gasteiger partial charge in [-0.05, 0) is 30.5 Å². The van der Waals surface area contributed by atoms with Gasteiger partial charge in [-0.15, -0.1) is 22.7 Å². The first-order valence-corrected chi connectivity index (χ1v) is 6.95. The minimum atomic E-state index is -0.854. The van der Waals surface area contributed by atoms with Crippen molar-refractivity contribution in [3.63, 3.8) is 0 Å². The van der Waals surface area contributed by atoms with Crippen LogP contribution in [0.25, 0.3) is 0 Å². The normalized spacial score (nSPS) is 12.5. The van der Waals surface area contributed by atoms with Crippen LogP contribution >= 0.6 is 22.7 Å². The van der Waals surface area contributed by atoms with Crippen molar-refractivity contribution < 1.29 is 9.90 Å². The summed E-state index contributed by atoms with van der Waals surface area (Å²) in [6.45, 7) is 2.81. The third kappa shape index (κ3) is 3.15. The van der Waals surface area contributed by atoms with Crippen LogP contribution in [0.15, 0.2) is 29.6 Å². The van der Waals surface area contributed by atoms with Crippen LogP contribution in [0.2, 0.25) is 0 Å². The molecule has 0 aliphatic heterocycles. The second-order valence-corrected chi connectivity index (χ2v) is 5.84. The Balaban J connectivity index is 1.91. The molecule has 0 saturated heterocycles. The molecule has 2 aromatic heterocycles. The van der Waals surface area contributed by atoms with Gasteiger partial charge >= 0.3 is 5.97 Å². The standard InChI is InChI=1S/C12H13NO2S2/c1-8(10-3-2-6-16-10)13-7-9-4-5-11(17-9)12(14)15/h2-6,8,13H,7H2,1H3,(H,14,15)/t8-/m1/s1. The van der Waals surface area contributed by atoms with Gasteiger partial charge in [0, 0.05) is 22.3 Å². The van der Waals surface area contributed by atoms with Gasteiger partial charge in [-0.2, -0.15) is 0 Å². The smallest absolute Gasteiger partial charge is 0.345 e. The lowest BCUT2D eigenvalue weighted by molar-refractivity contribution is 0.0702.